The molecular weight excluding hydrogens is 302 g/mol. The number of ether oxygens (including phenoxy) is 2. The topological polar surface area (TPSA) is 44.5 Å². The molecule has 4 rings (SSSR count). The van der Waals surface area contributed by atoms with E-state index in [4.69, 9.17) is 14.0 Å². The Morgan fingerprint density at radius 1 is 1.00 bits per heavy atom. The van der Waals surface area contributed by atoms with E-state index in [0.717, 1.165) is 28.7 Å². The summed E-state index contributed by atoms with van der Waals surface area (Å²) in [4.78, 5) is 0. The van der Waals surface area contributed by atoms with Gasteiger partial charge >= 0.3 is 0 Å². The number of hydrogen-bond acceptors (Lipinski definition) is 4. The maximum absolute atomic E-state index is 5.83. The zero-order chi connectivity index (χ0) is 16.4. The van der Waals surface area contributed by atoms with Crippen LogP contribution in [0.25, 0.3) is 0 Å². The molecule has 0 amide bonds. The molecule has 0 saturated heterocycles. The Bertz CT molecular complexity index is 819. The summed E-state index contributed by atoms with van der Waals surface area (Å²) in [7, 11) is 0. The molecule has 1 aliphatic carbocycles. The van der Waals surface area contributed by atoms with Crippen LogP contribution in [0.1, 0.15) is 35.8 Å². The van der Waals surface area contributed by atoms with Crippen molar-refractivity contribution in [2.24, 2.45) is 0 Å². The van der Waals surface area contributed by atoms with Gasteiger partial charge < -0.3 is 14.0 Å². The molecule has 1 saturated carbocycles. The lowest BCUT2D eigenvalue weighted by atomic mass is 10.2. The van der Waals surface area contributed by atoms with Crippen LogP contribution in [-0.4, -0.2) is 5.16 Å². The molecule has 1 aliphatic rings. The van der Waals surface area contributed by atoms with Crippen molar-refractivity contribution in [3.63, 3.8) is 0 Å². The predicted molar refractivity (Wildman–Crippen MR) is 90.5 cm³/mol. The van der Waals surface area contributed by atoms with Gasteiger partial charge in [-0.25, -0.2) is 0 Å². The summed E-state index contributed by atoms with van der Waals surface area (Å²) in [5.41, 5.74) is 2.22. The maximum Gasteiger partial charge on any atom is 0.174 e. The van der Waals surface area contributed by atoms with Crippen LogP contribution in [0.3, 0.4) is 0 Å². The van der Waals surface area contributed by atoms with Gasteiger partial charge in [0.05, 0.1) is 5.69 Å². The van der Waals surface area contributed by atoms with Gasteiger partial charge in [-0.3, -0.25) is 0 Å². The fraction of sp³-hybridized carbons (Fsp3) is 0.250. The summed E-state index contributed by atoms with van der Waals surface area (Å²) in [5.74, 6) is 3.75. The second-order valence-electron chi connectivity index (χ2n) is 6.17. The number of rotatable bonds is 6. The number of benzene rings is 2. The maximum atomic E-state index is 5.83. The molecule has 1 fully saturated rings. The fourth-order valence-corrected chi connectivity index (χ4v) is 2.54. The van der Waals surface area contributed by atoms with Crippen LogP contribution in [0.15, 0.2) is 59.1 Å². The molecule has 24 heavy (non-hydrogen) atoms. The Kier molecular flexibility index (Phi) is 3.95. The molecule has 0 radical (unpaired) electrons. The average molecular weight is 321 g/mol. The Morgan fingerprint density at radius 3 is 2.54 bits per heavy atom. The van der Waals surface area contributed by atoms with Crippen molar-refractivity contribution in [2.75, 3.05) is 0 Å². The first kappa shape index (κ1) is 14.8. The van der Waals surface area contributed by atoms with Crippen LogP contribution < -0.4 is 9.47 Å². The van der Waals surface area contributed by atoms with E-state index in [0.29, 0.717) is 12.5 Å². The standard InChI is InChI=1S/C20H19NO3/c1-14-3-2-4-18(11-14)23-17-9-7-16(8-10-17)22-13-19-12-20(21-24-19)15-5-6-15/h2-4,7-12,15H,5-6,13H2,1H3. The van der Waals surface area contributed by atoms with Crippen LogP contribution in [0.4, 0.5) is 0 Å². The van der Waals surface area contributed by atoms with Crippen molar-refractivity contribution >= 4 is 0 Å². The smallest absolute Gasteiger partial charge is 0.174 e. The quantitative estimate of drug-likeness (QED) is 0.623. The summed E-state index contributed by atoms with van der Waals surface area (Å²) in [5, 5.41) is 4.08. The van der Waals surface area contributed by atoms with Crippen LogP contribution >= 0.6 is 0 Å². The van der Waals surface area contributed by atoms with Gasteiger partial charge in [-0.05, 0) is 61.7 Å². The molecule has 122 valence electrons. The third-order valence-corrected chi connectivity index (χ3v) is 4.00. The number of nitrogens with zero attached hydrogens (tertiary/aromatic N) is 1. The third-order valence-electron chi connectivity index (χ3n) is 4.00. The van der Waals surface area contributed by atoms with E-state index in [2.05, 4.69) is 5.16 Å². The highest BCUT2D eigenvalue weighted by Gasteiger charge is 2.27. The number of aryl methyl sites for hydroxylation is 1. The van der Waals surface area contributed by atoms with Crippen molar-refractivity contribution in [3.05, 3.63) is 71.6 Å². The zero-order valence-corrected chi connectivity index (χ0v) is 13.6. The Hall–Kier alpha value is -2.75. The summed E-state index contributed by atoms with van der Waals surface area (Å²) in [6.07, 6.45) is 2.43. The molecule has 0 N–H and O–H groups in total. The van der Waals surface area contributed by atoms with Crippen LogP contribution in [-0.2, 0) is 6.61 Å². The highest BCUT2D eigenvalue weighted by Crippen LogP contribution is 2.39. The van der Waals surface area contributed by atoms with Gasteiger partial charge in [0.15, 0.2) is 5.76 Å². The van der Waals surface area contributed by atoms with E-state index in [-0.39, 0.29) is 0 Å². The van der Waals surface area contributed by atoms with Gasteiger partial charge in [0.1, 0.15) is 23.9 Å². The minimum absolute atomic E-state index is 0.387. The SMILES string of the molecule is Cc1cccc(Oc2ccc(OCc3cc(C4CC4)no3)cc2)c1. The van der Waals surface area contributed by atoms with E-state index in [9.17, 15) is 0 Å². The molecule has 1 aromatic heterocycles. The van der Waals surface area contributed by atoms with E-state index in [1.165, 1.54) is 18.4 Å². The number of aromatic nitrogens is 1. The third kappa shape index (κ3) is 3.59. The van der Waals surface area contributed by atoms with Crippen molar-refractivity contribution < 1.29 is 14.0 Å². The summed E-state index contributed by atoms with van der Waals surface area (Å²) < 4.78 is 16.9. The summed E-state index contributed by atoms with van der Waals surface area (Å²) in [6, 6.07) is 17.5. The molecule has 0 unspecified atom stereocenters. The highest BCUT2D eigenvalue weighted by molar-refractivity contribution is 5.36. The second kappa shape index (κ2) is 6.40. The van der Waals surface area contributed by atoms with Crippen LogP contribution in [0.5, 0.6) is 17.2 Å². The van der Waals surface area contributed by atoms with Gasteiger partial charge in [-0.1, -0.05) is 17.3 Å². The lowest BCUT2D eigenvalue weighted by Crippen LogP contribution is -1.93. The van der Waals surface area contributed by atoms with Crippen molar-refractivity contribution in [3.8, 4) is 17.2 Å². The van der Waals surface area contributed by atoms with Crippen molar-refractivity contribution in [2.45, 2.75) is 32.3 Å². The predicted octanol–water partition coefficient (Wildman–Crippen LogP) is 5.23. The Labute approximate surface area is 141 Å². The molecular formula is C20H19NO3. The van der Waals surface area contributed by atoms with Crippen molar-refractivity contribution in [1.82, 2.24) is 5.16 Å². The first-order valence-electron chi connectivity index (χ1n) is 8.19. The molecule has 4 heteroatoms. The highest BCUT2D eigenvalue weighted by atomic mass is 16.5. The molecule has 1 heterocycles. The first-order valence-corrected chi connectivity index (χ1v) is 8.19. The van der Waals surface area contributed by atoms with Crippen LogP contribution in [0.2, 0.25) is 0 Å². The van der Waals surface area contributed by atoms with Gasteiger partial charge in [-0.15, -0.1) is 0 Å². The molecule has 4 nitrogen and oxygen atoms in total. The number of hydrogen-bond donors (Lipinski definition) is 0. The van der Waals surface area contributed by atoms with Crippen molar-refractivity contribution in [1.29, 1.82) is 0 Å². The Balaban J connectivity index is 1.34. The zero-order valence-electron chi connectivity index (χ0n) is 13.6. The molecule has 0 atom stereocenters. The largest absolute Gasteiger partial charge is 0.486 e. The van der Waals surface area contributed by atoms with E-state index in [1.54, 1.807) is 0 Å². The van der Waals surface area contributed by atoms with Gasteiger partial charge in [0, 0.05) is 12.0 Å². The minimum atomic E-state index is 0.387. The second-order valence-corrected chi connectivity index (χ2v) is 6.17. The molecule has 2 aromatic carbocycles. The van der Waals surface area contributed by atoms with E-state index >= 15 is 0 Å². The Morgan fingerprint density at radius 2 is 1.79 bits per heavy atom. The lowest BCUT2D eigenvalue weighted by molar-refractivity contribution is 0.248. The van der Waals surface area contributed by atoms with E-state index < -0.39 is 0 Å². The minimum Gasteiger partial charge on any atom is -0.486 e. The van der Waals surface area contributed by atoms with Gasteiger partial charge in [0.2, 0.25) is 0 Å². The molecule has 0 bridgehead atoms. The lowest BCUT2D eigenvalue weighted by Gasteiger charge is -2.08. The summed E-state index contributed by atoms with van der Waals surface area (Å²) in [6.45, 7) is 2.43. The molecule has 0 aliphatic heterocycles. The monoisotopic (exact) mass is 321 g/mol. The van der Waals surface area contributed by atoms with Gasteiger partial charge in [-0.2, -0.15) is 0 Å². The average Bonchev–Trinajstić information content (AvgIpc) is 3.33. The molecule has 0 spiro atoms. The van der Waals surface area contributed by atoms with Gasteiger partial charge in [0.25, 0.3) is 0 Å². The summed E-state index contributed by atoms with van der Waals surface area (Å²) >= 11 is 0. The normalized spacial score (nSPS) is 13.7. The fourth-order valence-electron chi connectivity index (χ4n) is 2.54. The molecule has 3 aromatic rings. The first-order chi connectivity index (χ1) is 11.8. The van der Waals surface area contributed by atoms with Crippen LogP contribution in [0, 0.1) is 6.92 Å². The van der Waals surface area contributed by atoms with E-state index in [1.807, 2.05) is 61.5 Å².